The average Bonchev–Trinajstić information content (AvgIpc) is 1.00. The number of rotatable bonds is 0. The fraction of sp³-hybridized carbons (Fsp3) is 0. The molecule has 6 heavy (non-hydrogen) atoms. The first-order chi connectivity index (χ1) is 1.00. The maximum atomic E-state index is 1.34. The SMILES string of the molecule is [AlH3].[AlH3].[Cd][BiH2].[LiH].[LiH]. The van der Waals surface area contributed by atoms with Crippen LogP contribution >= 0.6 is 0 Å². The minimum atomic E-state index is 0. The Morgan fingerprint density at radius 1 is 0.833 bits per heavy atom. The Labute approximate surface area is 110 Å². The van der Waals surface area contributed by atoms with Gasteiger partial charge in [0.2, 0.25) is 0 Å². The zero-order valence-corrected chi connectivity index (χ0v) is 9.81. The van der Waals surface area contributed by atoms with Crippen molar-refractivity contribution in [3.05, 3.63) is 0 Å². The van der Waals surface area contributed by atoms with Crippen molar-refractivity contribution in [2.75, 3.05) is 0 Å². The second-order valence-electron chi connectivity index (χ2n) is 0. The normalized spacial score (nSPS) is 1.17. The molecule has 25 valence electrons. The van der Waals surface area contributed by atoms with E-state index in [1.54, 1.807) is 0 Å². The van der Waals surface area contributed by atoms with Crippen LogP contribution in [0.5, 0.6) is 0 Å². The van der Waals surface area contributed by atoms with E-state index < -0.39 is 0 Å². The third-order valence-electron chi connectivity index (χ3n) is 0. The second-order valence-corrected chi connectivity index (χ2v) is 0. The van der Waals surface area contributed by atoms with Crippen LogP contribution in [0.4, 0.5) is 0 Å². The van der Waals surface area contributed by atoms with Crippen LogP contribution in [0.3, 0.4) is 0 Å². The predicted molar refractivity (Wildman–Crippen MR) is 42.7 cm³/mol. The molecule has 0 saturated heterocycles. The molecule has 0 aliphatic heterocycles. The van der Waals surface area contributed by atoms with E-state index in [0.29, 0.717) is 0 Å². The standard InChI is InChI=1S/2Al.Bi.Cd.2Li.10H. The third-order valence-corrected chi connectivity index (χ3v) is 0. The molecule has 0 aromatic rings. The molecule has 0 rings (SSSR count). The summed E-state index contributed by atoms with van der Waals surface area (Å²) in [4.78, 5) is 0. The molecule has 6 heteroatoms. The summed E-state index contributed by atoms with van der Waals surface area (Å²) in [5, 5.41) is 0. The molecular weight excluding hydrogens is 389 g/mol. The van der Waals surface area contributed by atoms with Gasteiger partial charge in [-0.2, -0.15) is 0 Å². The van der Waals surface area contributed by atoms with Gasteiger partial charge in [-0.05, 0) is 0 Å². The van der Waals surface area contributed by atoms with E-state index in [2.05, 4.69) is 0 Å². The third kappa shape index (κ3) is 24.4. The van der Waals surface area contributed by atoms with Gasteiger partial charge in [0, 0.05) is 0 Å². The molecule has 0 aromatic carbocycles. The van der Waals surface area contributed by atoms with Crippen molar-refractivity contribution in [1.82, 2.24) is 0 Å². The van der Waals surface area contributed by atoms with Gasteiger partial charge < -0.3 is 0 Å². The van der Waals surface area contributed by atoms with Gasteiger partial charge in [-0.1, -0.05) is 0 Å². The van der Waals surface area contributed by atoms with E-state index in [-0.39, 0.29) is 72.4 Å². The predicted octanol–water partition coefficient (Wildman–Crippen LogP) is -4.58. The molecule has 0 fully saturated rings. The van der Waals surface area contributed by atoms with E-state index in [1.165, 1.54) is 40.5 Å². The van der Waals surface area contributed by atoms with Crippen LogP contribution < -0.4 is 0 Å². The zero-order chi connectivity index (χ0) is 2.00. The van der Waals surface area contributed by atoms with Crippen molar-refractivity contribution in [3.8, 4) is 0 Å². The maximum absolute atomic E-state index is 1.34. The molecular formula is H10Al2BiCdLi2. The Balaban J connectivity index is -0.000000000833. The number of hydrogen-bond donors (Lipinski definition) is 0. The molecule has 0 unspecified atom stereocenters. The van der Waals surface area contributed by atoms with Gasteiger partial charge in [-0.15, -0.1) is 0 Å². The molecule has 0 amide bonds. The van der Waals surface area contributed by atoms with Crippen molar-refractivity contribution in [3.63, 3.8) is 0 Å². The van der Waals surface area contributed by atoms with E-state index in [0.717, 1.165) is 0 Å². The Hall–Kier alpha value is 4.06. The van der Waals surface area contributed by atoms with Crippen LogP contribution in [0.15, 0.2) is 0 Å². The monoisotopic (exact) mass is 401 g/mol. The molecule has 0 nitrogen and oxygen atoms in total. The van der Waals surface area contributed by atoms with Crippen molar-refractivity contribution in [2.24, 2.45) is 0 Å². The summed E-state index contributed by atoms with van der Waals surface area (Å²) in [6.45, 7) is 0. The molecule has 0 aliphatic rings. The van der Waals surface area contributed by atoms with Crippen LogP contribution in [-0.4, -0.2) is 92.1 Å². The Morgan fingerprint density at radius 3 is 0.833 bits per heavy atom. The fourth-order valence-electron chi connectivity index (χ4n) is 0. The van der Waals surface area contributed by atoms with Crippen molar-refractivity contribution in [2.45, 2.75) is 0 Å². The van der Waals surface area contributed by atoms with Gasteiger partial charge in [0.25, 0.3) is 0 Å². The molecule has 0 saturated carbocycles. The van der Waals surface area contributed by atoms with E-state index in [4.69, 9.17) is 0 Å². The molecule has 0 N–H and O–H groups in total. The van der Waals surface area contributed by atoms with E-state index >= 15 is 0 Å². The van der Waals surface area contributed by atoms with Crippen LogP contribution in [0.2, 0.25) is 0 Å². The topological polar surface area (TPSA) is 0 Å². The molecule has 0 atom stereocenters. The summed E-state index contributed by atoms with van der Waals surface area (Å²) in [7, 11) is 0. The van der Waals surface area contributed by atoms with Crippen LogP contribution in [0.1, 0.15) is 0 Å². The molecule has 0 aliphatic carbocycles. The van der Waals surface area contributed by atoms with Crippen LogP contribution in [0.25, 0.3) is 0 Å². The Bertz CT molecular complexity index is 11.5. The first kappa shape index (κ1) is 32.2. The quantitative estimate of drug-likeness (QED) is 0.360. The molecule has 0 aromatic heterocycles. The summed E-state index contributed by atoms with van der Waals surface area (Å²) >= 11 is 2.65. The summed E-state index contributed by atoms with van der Waals surface area (Å²) in [6, 6.07) is 0. The molecule has 0 radical (unpaired) electrons. The van der Waals surface area contributed by atoms with Crippen molar-refractivity contribution < 1.29 is 20.9 Å². The fourth-order valence-corrected chi connectivity index (χ4v) is 0. The average molecular weight is 399 g/mol. The molecule has 0 heterocycles. The zero-order valence-electron chi connectivity index (χ0n) is 1.28. The summed E-state index contributed by atoms with van der Waals surface area (Å²) in [6.07, 6.45) is 0. The minimum absolute atomic E-state index is 0. The first-order valence-electron chi connectivity index (χ1n) is 0.408. The van der Waals surface area contributed by atoms with Gasteiger partial charge in [-0.25, -0.2) is 0 Å². The van der Waals surface area contributed by atoms with Gasteiger partial charge >= 0.3 is 78.2 Å². The number of hydrogen-bond acceptors (Lipinski definition) is 0. The summed E-state index contributed by atoms with van der Waals surface area (Å²) in [5.41, 5.74) is 0. The van der Waals surface area contributed by atoms with Crippen molar-refractivity contribution in [1.29, 1.82) is 0 Å². The molecule has 0 bridgehead atoms. The van der Waals surface area contributed by atoms with Gasteiger partial charge in [-0.3, -0.25) is 0 Å². The van der Waals surface area contributed by atoms with Crippen LogP contribution in [0, 0.1) is 0 Å². The van der Waals surface area contributed by atoms with Gasteiger partial charge in [0.1, 0.15) is 0 Å². The van der Waals surface area contributed by atoms with Crippen LogP contribution in [-0.2, 0) is 20.9 Å². The van der Waals surface area contributed by atoms with Gasteiger partial charge in [0.05, 0.1) is 0 Å². The Kier molecular flexibility index (Phi) is 192. The van der Waals surface area contributed by atoms with Gasteiger partial charge in [0.15, 0.2) is 34.7 Å². The summed E-state index contributed by atoms with van der Waals surface area (Å²) < 4.78 is 0. The second kappa shape index (κ2) is 35.7. The first-order valence-corrected chi connectivity index (χ1v) is 24.0. The molecule has 0 spiro atoms. The van der Waals surface area contributed by atoms with E-state index in [9.17, 15) is 0 Å². The van der Waals surface area contributed by atoms with Crippen molar-refractivity contribution >= 4 is 92.1 Å². The Morgan fingerprint density at radius 2 is 0.833 bits per heavy atom. The van der Waals surface area contributed by atoms with E-state index in [1.807, 2.05) is 0 Å². The summed E-state index contributed by atoms with van der Waals surface area (Å²) in [5.74, 6) is 0.